The number of ether oxygens (including phenoxy) is 1. The number of nitrogens with one attached hydrogen (secondary N) is 1. The third-order valence-electron chi connectivity index (χ3n) is 8.21. The summed E-state index contributed by atoms with van der Waals surface area (Å²) in [5.74, 6) is -0.900. The molecular formula is C34H29N7O5S. The first-order valence-electron chi connectivity index (χ1n) is 14.8. The molecule has 1 N–H and O–H groups in total. The van der Waals surface area contributed by atoms with E-state index < -0.39 is 27.3 Å². The summed E-state index contributed by atoms with van der Waals surface area (Å²) in [6, 6.07) is 25.8. The van der Waals surface area contributed by atoms with Crippen LogP contribution in [0.15, 0.2) is 96.0 Å². The van der Waals surface area contributed by atoms with Crippen LogP contribution in [0.2, 0.25) is 0 Å². The number of anilines is 2. The Morgan fingerprint density at radius 1 is 0.915 bits per heavy atom. The fraction of sp³-hybridized carbons (Fsp3) is 0.206. The monoisotopic (exact) mass is 647 g/mol. The van der Waals surface area contributed by atoms with Crippen LogP contribution in [0.5, 0.6) is 5.75 Å². The molecule has 1 saturated heterocycles. The number of benzene rings is 3. The Labute approximate surface area is 272 Å². The molecule has 2 aliphatic rings. The zero-order chi connectivity index (χ0) is 33.2. The second-order valence-electron chi connectivity index (χ2n) is 10.8. The molecule has 13 heteroatoms. The van der Waals surface area contributed by atoms with Crippen molar-refractivity contribution in [2.45, 2.75) is 17.2 Å². The van der Waals surface area contributed by atoms with Crippen LogP contribution in [0.4, 0.5) is 11.5 Å². The fourth-order valence-corrected chi connectivity index (χ4v) is 7.46. The van der Waals surface area contributed by atoms with E-state index in [0.29, 0.717) is 41.9 Å². The first-order valence-corrected chi connectivity index (χ1v) is 16.3. The number of amides is 2. The average molecular weight is 648 g/mol. The smallest absolute Gasteiger partial charge is 0.270 e. The second-order valence-corrected chi connectivity index (χ2v) is 12.6. The van der Waals surface area contributed by atoms with Gasteiger partial charge in [0.1, 0.15) is 17.6 Å². The van der Waals surface area contributed by atoms with Crippen LogP contribution in [-0.2, 0) is 25.0 Å². The van der Waals surface area contributed by atoms with Crippen molar-refractivity contribution in [1.82, 2.24) is 15.4 Å². The number of nitrogens with zero attached hydrogens (tertiary/aromatic N) is 6. The standard InChI is InChI=1S/C34H29N7O5S/c1-2-46-30-11-7-6-10-27(30)34(32(42)38-40-18-16-39(17-19-40)31-15-13-25(22-36)23-37-31)28-20-24(21-35)12-14-29(28)41(33(34)43)47(44,45)26-8-4-3-5-9-26/h3-15,20,23H,2,16-19H2,1H3,(H,38,42). The highest BCUT2D eigenvalue weighted by molar-refractivity contribution is 7.93. The van der Waals surface area contributed by atoms with E-state index in [0.717, 1.165) is 0 Å². The molecule has 12 nitrogen and oxygen atoms in total. The number of para-hydroxylation sites is 1. The summed E-state index contributed by atoms with van der Waals surface area (Å²) in [5, 5.41) is 20.6. The molecule has 3 aromatic carbocycles. The van der Waals surface area contributed by atoms with Gasteiger partial charge in [0.2, 0.25) is 0 Å². The minimum absolute atomic E-state index is 0.0315. The lowest BCUT2D eigenvalue weighted by atomic mass is 9.73. The van der Waals surface area contributed by atoms with E-state index in [4.69, 9.17) is 10.00 Å². The predicted molar refractivity (Wildman–Crippen MR) is 172 cm³/mol. The van der Waals surface area contributed by atoms with Gasteiger partial charge in [0, 0.05) is 43.5 Å². The number of pyridine rings is 1. The van der Waals surface area contributed by atoms with Crippen LogP contribution in [0.1, 0.15) is 29.2 Å². The van der Waals surface area contributed by atoms with Gasteiger partial charge in [0.15, 0.2) is 5.41 Å². The Hall–Kier alpha value is -5.76. The number of carbonyl (C=O) groups excluding carboxylic acids is 2. The molecule has 1 atom stereocenters. The van der Waals surface area contributed by atoms with Crippen LogP contribution in [0, 0.1) is 22.7 Å². The van der Waals surface area contributed by atoms with E-state index in [1.807, 2.05) is 11.0 Å². The average Bonchev–Trinajstić information content (AvgIpc) is 3.37. The predicted octanol–water partition coefficient (Wildman–Crippen LogP) is 3.10. The van der Waals surface area contributed by atoms with E-state index in [1.54, 1.807) is 66.5 Å². The summed E-state index contributed by atoms with van der Waals surface area (Å²) in [5.41, 5.74) is 1.42. The molecule has 4 aromatic rings. The van der Waals surface area contributed by atoms with Crippen LogP contribution < -0.4 is 19.4 Å². The largest absolute Gasteiger partial charge is 0.494 e. The Morgan fingerprint density at radius 2 is 1.60 bits per heavy atom. The number of rotatable bonds is 8. The number of nitriles is 2. The van der Waals surface area contributed by atoms with E-state index >= 15 is 0 Å². The molecule has 1 fully saturated rings. The maximum absolute atomic E-state index is 14.9. The summed E-state index contributed by atoms with van der Waals surface area (Å²) >= 11 is 0. The number of piperazine rings is 1. The van der Waals surface area contributed by atoms with Gasteiger partial charge >= 0.3 is 0 Å². The normalized spacial score (nSPS) is 17.8. The molecule has 0 spiro atoms. The first-order chi connectivity index (χ1) is 22.7. The molecule has 3 heterocycles. The maximum atomic E-state index is 14.9. The molecule has 0 bridgehead atoms. The van der Waals surface area contributed by atoms with E-state index in [9.17, 15) is 23.3 Å². The van der Waals surface area contributed by atoms with Crippen molar-refractivity contribution in [1.29, 1.82) is 10.5 Å². The molecule has 236 valence electrons. The number of aromatic nitrogens is 1. The number of fused-ring (bicyclic) bond motifs is 1. The highest BCUT2D eigenvalue weighted by Gasteiger charge is 2.62. The second kappa shape index (κ2) is 12.6. The Kier molecular flexibility index (Phi) is 8.35. The van der Waals surface area contributed by atoms with Crippen molar-refractivity contribution in [2.75, 3.05) is 42.0 Å². The van der Waals surface area contributed by atoms with Crippen molar-refractivity contribution in [2.24, 2.45) is 0 Å². The van der Waals surface area contributed by atoms with Crippen molar-refractivity contribution in [3.63, 3.8) is 0 Å². The molecule has 2 amide bonds. The zero-order valence-electron chi connectivity index (χ0n) is 25.3. The van der Waals surface area contributed by atoms with Crippen molar-refractivity contribution < 1.29 is 22.7 Å². The summed E-state index contributed by atoms with van der Waals surface area (Å²) in [6.07, 6.45) is 1.50. The molecule has 2 aliphatic heterocycles. The van der Waals surface area contributed by atoms with Gasteiger partial charge in [-0.15, -0.1) is 0 Å². The Bertz CT molecular complexity index is 2030. The van der Waals surface area contributed by atoms with Gasteiger partial charge in [0.25, 0.3) is 21.8 Å². The Morgan fingerprint density at radius 3 is 2.26 bits per heavy atom. The topological polar surface area (TPSA) is 160 Å². The van der Waals surface area contributed by atoms with E-state index in [1.165, 1.54) is 36.5 Å². The van der Waals surface area contributed by atoms with Crippen molar-refractivity contribution in [3.05, 3.63) is 113 Å². The van der Waals surface area contributed by atoms with E-state index in [2.05, 4.69) is 16.5 Å². The number of carbonyl (C=O) groups is 2. The summed E-state index contributed by atoms with van der Waals surface area (Å²) in [4.78, 5) is 36.0. The maximum Gasteiger partial charge on any atom is 0.270 e. The highest BCUT2D eigenvalue weighted by atomic mass is 32.2. The van der Waals surface area contributed by atoms with Gasteiger partial charge in [0.05, 0.1) is 34.4 Å². The lowest BCUT2D eigenvalue weighted by Gasteiger charge is -2.37. The number of sulfonamides is 1. The number of hydrogen-bond donors (Lipinski definition) is 1. The van der Waals surface area contributed by atoms with Crippen molar-refractivity contribution >= 4 is 33.3 Å². The third-order valence-corrected chi connectivity index (χ3v) is 9.92. The van der Waals surface area contributed by atoms with Gasteiger partial charge < -0.3 is 9.64 Å². The minimum atomic E-state index is -4.50. The molecule has 6 rings (SSSR count). The third kappa shape index (κ3) is 5.31. The summed E-state index contributed by atoms with van der Waals surface area (Å²) in [7, 11) is -4.50. The lowest BCUT2D eigenvalue weighted by molar-refractivity contribution is -0.136. The molecular weight excluding hydrogens is 618 g/mol. The Balaban J connectivity index is 1.44. The number of hydrogen-bond acceptors (Lipinski definition) is 10. The summed E-state index contributed by atoms with van der Waals surface area (Å²) < 4.78 is 34.9. The van der Waals surface area contributed by atoms with Crippen LogP contribution in [-0.4, -0.2) is 63.0 Å². The quantitative estimate of drug-likeness (QED) is 0.282. The van der Waals surface area contributed by atoms with Crippen LogP contribution in [0.3, 0.4) is 0 Å². The molecule has 0 aliphatic carbocycles. The van der Waals surface area contributed by atoms with Gasteiger partial charge in [-0.3, -0.25) is 15.0 Å². The van der Waals surface area contributed by atoms with E-state index in [-0.39, 0.29) is 39.6 Å². The van der Waals surface area contributed by atoms with Crippen LogP contribution in [0.25, 0.3) is 0 Å². The zero-order valence-corrected chi connectivity index (χ0v) is 26.1. The first kappa shape index (κ1) is 31.2. The fourth-order valence-electron chi connectivity index (χ4n) is 5.97. The lowest BCUT2D eigenvalue weighted by Crippen LogP contribution is -2.60. The molecule has 1 aromatic heterocycles. The molecule has 0 saturated carbocycles. The SMILES string of the molecule is CCOc1ccccc1C1(C(=O)NN2CCN(c3ccc(C#N)cn3)CC2)C(=O)N(S(=O)(=O)c2ccccc2)c2ccc(C#N)cc21. The molecule has 47 heavy (non-hydrogen) atoms. The van der Waals surface area contributed by atoms with Gasteiger partial charge in [-0.1, -0.05) is 36.4 Å². The highest BCUT2D eigenvalue weighted by Crippen LogP contribution is 2.51. The molecule has 1 unspecified atom stereocenters. The van der Waals surface area contributed by atoms with Gasteiger partial charge in [-0.05, 0) is 55.5 Å². The minimum Gasteiger partial charge on any atom is -0.494 e. The van der Waals surface area contributed by atoms with Crippen LogP contribution >= 0.6 is 0 Å². The van der Waals surface area contributed by atoms with Crippen molar-refractivity contribution in [3.8, 4) is 17.9 Å². The van der Waals surface area contributed by atoms with Gasteiger partial charge in [-0.25, -0.2) is 22.7 Å². The number of hydrazine groups is 1. The molecule has 0 radical (unpaired) electrons. The van der Waals surface area contributed by atoms with Gasteiger partial charge in [-0.2, -0.15) is 10.5 Å². The summed E-state index contributed by atoms with van der Waals surface area (Å²) in [6.45, 7) is 3.62.